The van der Waals surface area contributed by atoms with Gasteiger partial charge in [0.15, 0.2) is 0 Å². The fourth-order valence-corrected chi connectivity index (χ4v) is 3.67. The first-order valence-electron chi connectivity index (χ1n) is 11.4. The molecule has 2 fully saturated rings. The van der Waals surface area contributed by atoms with Crippen LogP contribution >= 0.6 is 0 Å². The molecule has 31 heavy (non-hydrogen) atoms. The second kappa shape index (κ2) is 9.09. The highest BCUT2D eigenvalue weighted by Crippen LogP contribution is 2.45. The van der Waals surface area contributed by atoms with Crippen LogP contribution in [-0.4, -0.2) is 47.9 Å². The van der Waals surface area contributed by atoms with Gasteiger partial charge in [0, 0.05) is 13.1 Å². The van der Waals surface area contributed by atoms with Crippen LogP contribution in [0.4, 0.5) is 4.79 Å². The number of nitrogens with zero attached hydrogens (tertiary/aromatic N) is 1. The van der Waals surface area contributed by atoms with Crippen LogP contribution in [-0.2, 0) is 9.47 Å². The van der Waals surface area contributed by atoms with E-state index in [-0.39, 0.29) is 12.1 Å². The molecule has 1 aliphatic carbocycles. The molecule has 0 radical (unpaired) electrons. The summed E-state index contributed by atoms with van der Waals surface area (Å²) in [6, 6.07) is 5.63. The summed E-state index contributed by atoms with van der Waals surface area (Å²) >= 11 is 0. The van der Waals surface area contributed by atoms with Gasteiger partial charge in [-0.05, 0) is 103 Å². The lowest BCUT2D eigenvalue weighted by Crippen LogP contribution is -2.42. The summed E-state index contributed by atoms with van der Waals surface area (Å²) in [6.45, 7) is 13.3. The van der Waals surface area contributed by atoms with E-state index in [1.807, 2.05) is 53.7 Å². The van der Waals surface area contributed by atoms with Gasteiger partial charge < -0.3 is 19.1 Å². The Bertz CT molecular complexity index is 793. The summed E-state index contributed by atoms with van der Waals surface area (Å²) in [5, 5.41) is 0. The van der Waals surface area contributed by atoms with Crippen LogP contribution in [0.5, 0.6) is 5.75 Å². The molecule has 6 nitrogen and oxygen atoms in total. The van der Waals surface area contributed by atoms with Gasteiger partial charge in [0.05, 0.1) is 12.2 Å². The van der Waals surface area contributed by atoms with E-state index in [0.29, 0.717) is 37.1 Å². The molecule has 1 aromatic rings. The summed E-state index contributed by atoms with van der Waals surface area (Å²) < 4.78 is 17.2. The number of esters is 1. The van der Waals surface area contributed by atoms with Gasteiger partial charge in [-0.2, -0.15) is 0 Å². The van der Waals surface area contributed by atoms with Crippen molar-refractivity contribution in [3.63, 3.8) is 0 Å². The third kappa shape index (κ3) is 7.15. The minimum atomic E-state index is -0.514. The average Bonchev–Trinajstić information content (AvgIpc) is 3.49. The molecule has 1 saturated carbocycles. The molecular formula is C25H37NO5. The second-order valence-corrected chi connectivity index (χ2v) is 10.8. The lowest BCUT2D eigenvalue weighted by atomic mass is 9.98. The van der Waals surface area contributed by atoms with E-state index in [1.54, 1.807) is 11.0 Å². The van der Waals surface area contributed by atoms with Crippen molar-refractivity contribution in [1.29, 1.82) is 0 Å². The summed E-state index contributed by atoms with van der Waals surface area (Å²) in [4.78, 5) is 26.5. The maximum atomic E-state index is 12.4. The first-order chi connectivity index (χ1) is 14.4. The van der Waals surface area contributed by atoms with Crippen LogP contribution in [0.3, 0.4) is 0 Å². The lowest BCUT2D eigenvalue weighted by molar-refractivity contribution is 0.00677. The Morgan fingerprint density at radius 2 is 1.55 bits per heavy atom. The molecule has 2 aliphatic rings. The zero-order valence-electron chi connectivity index (χ0n) is 19.8. The predicted molar refractivity (Wildman–Crippen MR) is 120 cm³/mol. The molecule has 0 bridgehead atoms. The number of benzene rings is 1. The number of ether oxygens (including phenoxy) is 3. The van der Waals surface area contributed by atoms with E-state index in [1.165, 1.54) is 0 Å². The van der Waals surface area contributed by atoms with Gasteiger partial charge in [-0.3, -0.25) is 0 Å². The highest BCUT2D eigenvalue weighted by atomic mass is 16.6. The molecule has 1 heterocycles. The van der Waals surface area contributed by atoms with E-state index in [0.717, 1.165) is 37.0 Å². The average molecular weight is 432 g/mol. The molecule has 0 unspecified atom stereocenters. The molecule has 0 atom stereocenters. The summed E-state index contributed by atoms with van der Waals surface area (Å²) in [7, 11) is 0. The number of hydrogen-bond acceptors (Lipinski definition) is 5. The van der Waals surface area contributed by atoms with Crippen molar-refractivity contribution in [3.05, 3.63) is 29.3 Å². The van der Waals surface area contributed by atoms with Crippen molar-refractivity contribution < 1.29 is 23.8 Å². The molecule has 1 amide bonds. The Morgan fingerprint density at radius 1 is 0.935 bits per heavy atom. The molecule has 3 rings (SSSR count). The number of likely N-dealkylation sites (tertiary alicyclic amines) is 1. The summed E-state index contributed by atoms with van der Waals surface area (Å²) in [5.74, 6) is 1.43. The highest BCUT2D eigenvalue weighted by molar-refractivity contribution is 5.90. The van der Waals surface area contributed by atoms with E-state index < -0.39 is 11.2 Å². The first-order valence-corrected chi connectivity index (χ1v) is 11.4. The Balaban J connectivity index is 1.55. The van der Waals surface area contributed by atoms with Gasteiger partial charge in [-0.15, -0.1) is 0 Å². The van der Waals surface area contributed by atoms with Gasteiger partial charge in [-0.1, -0.05) is 0 Å². The molecule has 1 aromatic carbocycles. The number of carbonyl (C=O) groups is 2. The smallest absolute Gasteiger partial charge is 0.410 e. The monoisotopic (exact) mass is 431 g/mol. The van der Waals surface area contributed by atoms with E-state index >= 15 is 0 Å². The highest BCUT2D eigenvalue weighted by Gasteiger charge is 2.30. The lowest BCUT2D eigenvalue weighted by Gasteiger charge is -2.33. The number of amides is 1. The molecule has 1 aliphatic heterocycles. The summed E-state index contributed by atoms with van der Waals surface area (Å²) in [5.41, 5.74) is 0.700. The SMILES string of the molecule is CC(C)(C)OC(=O)c1ccc(OCC2CCN(C(=O)OC(C)(C)C)CC2)c(C2CC2)c1. The van der Waals surface area contributed by atoms with Crippen molar-refractivity contribution in [1.82, 2.24) is 4.90 Å². The predicted octanol–water partition coefficient (Wildman–Crippen LogP) is 5.55. The Labute approximate surface area is 186 Å². The quantitative estimate of drug-likeness (QED) is 0.572. The third-order valence-electron chi connectivity index (χ3n) is 5.40. The van der Waals surface area contributed by atoms with Gasteiger partial charge >= 0.3 is 12.1 Å². The van der Waals surface area contributed by atoms with E-state index in [2.05, 4.69) is 0 Å². The minimum Gasteiger partial charge on any atom is -0.493 e. The van der Waals surface area contributed by atoms with Crippen molar-refractivity contribution in [3.8, 4) is 5.75 Å². The Hall–Kier alpha value is -2.24. The molecular weight excluding hydrogens is 394 g/mol. The van der Waals surface area contributed by atoms with Crippen LogP contribution in [0.1, 0.15) is 89.1 Å². The van der Waals surface area contributed by atoms with Crippen molar-refractivity contribution in [2.75, 3.05) is 19.7 Å². The Kier molecular flexibility index (Phi) is 6.87. The molecule has 0 spiro atoms. The van der Waals surface area contributed by atoms with Gasteiger partial charge in [0.1, 0.15) is 17.0 Å². The topological polar surface area (TPSA) is 65.1 Å². The van der Waals surface area contributed by atoms with Crippen LogP contribution < -0.4 is 4.74 Å². The number of rotatable bonds is 5. The molecule has 1 saturated heterocycles. The van der Waals surface area contributed by atoms with Crippen LogP contribution in [0, 0.1) is 5.92 Å². The van der Waals surface area contributed by atoms with Gasteiger partial charge in [-0.25, -0.2) is 9.59 Å². The standard InChI is InChI=1S/C25H37NO5/c1-24(2,3)30-22(27)19-9-10-21(20(15-19)18-7-8-18)29-16-17-11-13-26(14-12-17)23(28)31-25(4,5)6/h9-10,15,17-18H,7-8,11-14,16H2,1-6H3. The van der Waals surface area contributed by atoms with Crippen LogP contribution in [0.2, 0.25) is 0 Å². The third-order valence-corrected chi connectivity index (χ3v) is 5.40. The second-order valence-electron chi connectivity index (χ2n) is 10.8. The maximum absolute atomic E-state index is 12.4. The molecule has 172 valence electrons. The van der Waals surface area contributed by atoms with Crippen LogP contribution in [0.15, 0.2) is 18.2 Å². The zero-order chi connectivity index (χ0) is 22.8. The normalized spacial score (nSPS) is 17.9. The number of hydrogen-bond donors (Lipinski definition) is 0. The summed E-state index contributed by atoms with van der Waals surface area (Å²) in [6.07, 6.45) is 3.81. The molecule has 0 aromatic heterocycles. The van der Waals surface area contributed by atoms with E-state index in [4.69, 9.17) is 14.2 Å². The Morgan fingerprint density at radius 3 is 2.10 bits per heavy atom. The number of carbonyl (C=O) groups excluding carboxylic acids is 2. The van der Waals surface area contributed by atoms with Crippen molar-refractivity contribution >= 4 is 12.1 Å². The van der Waals surface area contributed by atoms with Crippen molar-refractivity contribution in [2.45, 2.75) is 84.3 Å². The van der Waals surface area contributed by atoms with Crippen molar-refractivity contribution in [2.24, 2.45) is 5.92 Å². The van der Waals surface area contributed by atoms with Gasteiger partial charge in [0.25, 0.3) is 0 Å². The molecule has 0 N–H and O–H groups in total. The zero-order valence-corrected chi connectivity index (χ0v) is 19.8. The molecule has 6 heteroatoms. The largest absolute Gasteiger partial charge is 0.493 e. The number of piperidine rings is 1. The maximum Gasteiger partial charge on any atom is 0.410 e. The first kappa shape index (κ1) is 23.4. The fourth-order valence-electron chi connectivity index (χ4n) is 3.67. The fraction of sp³-hybridized carbons (Fsp3) is 0.680. The van der Waals surface area contributed by atoms with Crippen LogP contribution in [0.25, 0.3) is 0 Å². The van der Waals surface area contributed by atoms with Gasteiger partial charge in [0.2, 0.25) is 0 Å². The van der Waals surface area contributed by atoms with E-state index in [9.17, 15) is 9.59 Å². The minimum absolute atomic E-state index is 0.236.